The van der Waals surface area contributed by atoms with Crippen molar-refractivity contribution in [1.29, 1.82) is 0 Å². The average molecular weight is 337 g/mol. The second-order valence-electron chi connectivity index (χ2n) is 5.81. The van der Waals surface area contributed by atoms with Gasteiger partial charge in [-0.1, -0.05) is 0 Å². The topological polar surface area (TPSA) is 97.6 Å². The first-order chi connectivity index (χ1) is 12.0. The van der Waals surface area contributed by atoms with Gasteiger partial charge in [0, 0.05) is 18.0 Å². The van der Waals surface area contributed by atoms with Crippen LogP contribution in [0.3, 0.4) is 0 Å². The van der Waals surface area contributed by atoms with Crippen LogP contribution in [0.1, 0.15) is 21.7 Å². The number of hydrogen-bond acceptors (Lipinski definition) is 5. The van der Waals surface area contributed by atoms with Gasteiger partial charge in [-0.25, -0.2) is 9.50 Å². The maximum atomic E-state index is 12.6. The van der Waals surface area contributed by atoms with Crippen molar-refractivity contribution in [2.24, 2.45) is 0 Å². The number of nitrogens with one attached hydrogen (secondary N) is 2. The first-order valence-corrected chi connectivity index (χ1v) is 7.71. The lowest BCUT2D eigenvalue weighted by Gasteiger charge is -2.18. The summed E-state index contributed by atoms with van der Waals surface area (Å²) in [6.45, 7) is 3.68. The fourth-order valence-corrected chi connectivity index (χ4v) is 2.75. The van der Waals surface area contributed by atoms with Crippen LogP contribution in [0.15, 0.2) is 30.5 Å². The molecule has 0 spiro atoms. The molecule has 8 nitrogen and oxygen atoms in total. The van der Waals surface area contributed by atoms with Crippen molar-refractivity contribution in [2.45, 2.75) is 13.8 Å². The van der Waals surface area contributed by atoms with Crippen LogP contribution in [-0.4, -0.2) is 33.0 Å². The van der Waals surface area contributed by atoms with Crippen molar-refractivity contribution < 1.29 is 14.3 Å². The Morgan fingerprint density at radius 3 is 3.00 bits per heavy atom. The quantitative estimate of drug-likeness (QED) is 0.745. The minimum atomic E-state index is -0.303. The van der Waals surface area contributed by atoms with Gasteiger partial charge in [0.2, 0.25) is 0 Å². The normalized spacial score (nSPS) is 13.1. The summed E-state index contributed by atoms with van der Waals surface area (Å²) in [6.07, 6.45) is 1.53. The highest BCUT2D eigenvalue weighted by Gasteiger charge is 2.18. The number of carbonyl (C=O) groups is 2. The monoisotopic (exact) mass is 337 g/mol. The number of amides is 2. The second-order valence-corrected chi connectivity index (χ2v) is 5.81. The van der Waals surface area contributed by atoms with Crippen molar-refractivity contribution in [1.82, 2.24) is 14.6 Å². The summed E-state index contributed by atoms with van der Waals surface area (Å²) in [4.78, 5) is 28.3. The van der Waals surface area contributed by atoms with Crippen LogP contribution in [0.2, 0.25) is 0 Å². The van der Waals surface area contributed by atoms with E-state index in [-0.39, 0.29) is 18.4 Å². The molecule has 0 saturated heterocycles. The van der Waals surface area contributed by atoms with Gasteiger partial charge < -0.3 is 15.4 Å². The lowest BCUT2D eigenvalue weighted by atomic mass is 10.2. The first kappa shape index (κ1) is 15.1. The summed E-state index contributed by atoms with van der Waals surface area (Å²) in [5, 5.41) is 9.86. The molecule has 0 aliphatic carbocycles. The van der Waals surface area contributed by atoms with Crippen LogP contribution in [0.5, 0.6) is 5.75 Å². The Bertz CT molecular complexity index is 1020. The maximum absolute atomic E-state index is 12.6. The molecule has 126 valence electrons. The van der Waals surface area contributed by atoms with Gasteiger partial charge in [0.1, 0.15) is 5.75 Å². The summed E-state index contributed by atoms with van der Waals surface area (Å²) < 4.78 is 6.95. The molecule has 1 aliphatic heterocycles. The van der Waals surface area contributed by atoms with Crippen molar-refractivity contribution in [3.05, 3.63) is 47.4 Å². The van der Waals surface area contributed by atoms with Gasteiger partial charge in [0.15, 0.2) is 12.3 Å². The summed E-state index contributed by atoms with van der Waals surface area (Å²) in [5.74, 6) is 0.0439. The van der Waals surface area contributed by atoms with E-state index in [0.29, 0.717) is 34.0 Å². The van der Waals surface area contributed by atoms with Gasteiger partial charge in [0.05, 0.1) is 22.6 Å². The Labute approximate surface area is 142 Å². The molecule has 3 aromatic rings. The molecule has 0 atom stereocenters. The molecular formula is C17H15N5O3. The van der Waals surface area contributed by atoms with E-state index >= 15 is 0 Å². The minimum absolute atomic E-state index is 0.00707. The number of aromatic nitrogens is 3. The molecule has 8 heteroatoms. The SMILES string of the molecule is Cc1cc2ncc(C(=O)Nc3ccc4c(c3)NC(=O)CO4)c(C)n2n1. The molecule has 25 heavy (non-hydrogen) atoms. The van der Waals surface area contributed by atoms with Crippen LogP contribution in [0.4, 0.5) is 11.4 Å². The second kappa shape index (κ2) is 5.59. The van der Waals surface area contributed by atoms with E-state index in [1.165, 1.54) is 6.20 Å². The molecular weight excluding hydrogens is 322 g/mol. The maximum Gasteiger partial charge on any atom is 0.262 e. The van der Waals surface area contributed by atoms with Crippen LogP contribution in [0.25, 0.3) is 5.65 Å². The molecule has 2 N–H and O–H groups in total. The molecule has 0 unspecified atom stereocenters. The number of fused-ring (bicyclic) bond motifs is 2. The Hall–Kier alpha value is -3.42. The van der Waals surface area contributed by atoms with Gasteiger partial charge in [-0.2, -0.15) is 5.10 Å². The number of carbonyl (C=O) groups excluding carboxylic acids is 2. The largest absolute Gasteiger partial charge is 0.482 e. The number of ether oxygens (including phenoxy) is 1. The average Bonchev–Trinajstić information content (AvgIpc) is 2.96. The summed E-state index contributed by atoms with van der Waals surface area (Å²) in [5.41, 5.74) is 3.73. The molecule has 0 fully saturated rings. The van der Waals surface area contributed by atoms with Gasteiger partial charge >= 0.3 is 0 Å². The lowest BCUT2D eigenvalue weighted by Crippen LogP contribution is -2.25. The Balaban J connectivity index is 1.63. The number of aryl methyl sites for hydroxylation is 2. The molecule has 0 radical (unpaired) electrons. The third kappa shape index (κ3) is 2.67. The number of anilines is 2. The predicted octanol–water partition coefficient (Wildman–Crippen LogP) is 1.93. The molecule has 2 aromatic heterocycles. The number of rotatable bonds is 2. The predicted molar refractivity (Wildman–Crippen MR) is 91.0 cm³/mol. The van der Waals surface area contributed by atoms with Crippen LogP contribution >= 0.6 is 0 Å². The van der Waals surface area contributed by atoms with Crippen molar-refractivity contribution >= 4 is 28.8 Å². The number of hydrogen-bond donors (Lipinski definition) is 2. The number of nitrogens with zero attached hydrogens (tertiary/aromatic N) is 3. The molecule has 1 aromatic carbocycles. The highest BCUT2D eigenvalue weighted by Crippen LogP contribution is 2.30. The van der Waals surface area contributed by atoms with Crippen molar-refractivity contribution in [3.63, 3.8) is 0 Å². The zero-order valence-corrected chi connectivity index (χ0v) is 13.7. The minimum Gasteiger partial charge on any atom is -0.482 e. The first-order valence-electron chi connectivity index (χ1n) is 7.71. The fraction of sp³-hybridized carbons (Fsp3) is 0.176. The van der Waals surface area contributed by atoms with E-state index in [0.717, 1.165) is 5.69 Å². The highest BCUT2D eigenvalue weighted by molar-refractivity contribution is 6.05. The highest BCUT2D eigenvalue weighted by atomic mass is 16.5. The Kier molecular flexibility index (Phi) is 3.38. The Morgan fingerprint density at radius 1 is 1.32 bits per heavy atom. The van der Waals surface area contributed by atoms with Gasteiger partial charge in [0.25, 0.3) is 11.8 Å². The lowest BCUT2D eigenvalue weighted by molar-refractivity contribution is -0.118. The summed E-state index contributed by atoms with van der Waals surface area (Å²) in [6, 6.07) is 6.92. The van der Waals surface area contributed by atoms with Gasteiger partial charge in [-0.3, -0.25) is 9.59 Å². The zero-order chi connectivity index (χ0) is 17.6. The van der Waals surface area contributed by atoms with Crippen molar-refractivity contribution in [2.75, 3.05) is 17.2 Å². The van der Waals surface area contributed by atoms with E-state index < -0.39 is 0 Å². The molecule has 3 heterocycles. The summed E-state index contributed by atoms with van der Waals surface area (Å²) in [7, 11) is 0. The van der Waals surface area contributed by atoms with Crippen LogP contribution < -0.4 is 15.4 Å². The van der Waals surface area contributed by atoms with E-state index in [2.05, 4.69) is 20.7 Å². The third-order valence-electron chi connectivity index (χ3n) is 3.96. The van der Waals surface area contributed by atoms with E-state index in [4.69, 9.17) is 4.74 Å². The molecule has 2 amide bonds. The molecule has 0 bridgehead atoms. The molecule has 0 saturated carbocycles. The van der Waals surface area contributed by atoms with Crippen LogP contribution in [-0.2, 0) is 4.79 Å². The van der Waals surface area contributed by atoms with E-state index in [1.54, 1.807) is 22.7 Å². The Morgan fingerprint density at radius 2 is 2.16 bits per heavy atom. The van der Waals surface area contributed by atoms with E-state index in [9.17, 15) is 9.59 Å². The van der Waals surface area contributed by atoms with Crippen LogP contribution in [0, 0.1) is 13.8 Å². The standard InChI is InChI=1S/C17H15N5O3/c1-9-5-15-18-7-12(10(2)22(15)21-9)17(24)19-11-3-4-14-13(6-11)20-16(23)8-25-14/h3-7H,8H2,1-2H3,(H,19,24)(H,20,23). The third-order valence-corrected chi connectivity index (χ3v) is 3.96. The fourth-order valence-electron chi connectivity index (χ4n) is 2.75. The molecule has 1 aliphatic rings. The van der Waals surface area contributed by atoms with E-state index in [1.807, 2.05) is 19.9 Å². The smallest absolute Gasteiger partial charge is 0.262 e. The van der Waals surface area contributed by atoms with Gasteiger partial charge in [-0.15, -0.1) is 0 Å². The number of benzene rings is 1. The summed E-state index contributed by atoms with van der Waals surface area (Å²) >= 11 is 0. The molecule has 4 rings (SSSR count). The van der Waals surface area contributed by atoms with Gasteiger partial charge in [-0.05, 0) is 32.0 Å². The van der Waals surface area contributed by atoms with Crippen molar-refractivity contribution in [3.8, 4) is 5.75 Å². The zero-order valence-electron chi connectivity index (χ0n) is 13.7.